The lowest BCUT2D eigenvalue weighted by molar-refractivity contribution is 0.102. The van der Waals surface area contributed by atoms with E-state index in [9.17, 15) is 4.79 Å². The molecule has 0 radical (unpaired) electrons. The van der Waals surface area contributed by atoms with E-state index in [-0.39, 0.29) is 11.1 Å². The SMILES string of the molecule is O=C(Nc1nc(-c2cccnc2)cs1)c1ccnc(Cl)c1. The van der Waals surface area contributed by atoms with Gasteiger partial charge in [-0.15, -0.1) is 11.3 Å². The van der Waals surface area contributed by atoms with Crippen LogP contribution in [0.2, 0.25) is 5.15 Å². The molecule has 3 rings (SSSR count). The molecule has 1 amide bonds. The fourth-order valence-corrected chi connectivity index (χ4v) is 2.58. The van der Waals surface area contributed by atoms with Crippen LogP contribution >= 0.6 is 22.9 Å². The number of pyridine rings is 2. The molecule has 0 bridgehead atoms. The van der Waals surface area contributed by atoms with Crippen LogP contribution in [0.25, 0.3) is 11.3 Å². The number of carbonyl (C=O) groups is 1. The molecule has 0 saturated heterocycles. The second-order valence-corrected chi connectivity index (χ2v) is 5.35. The Kier molecular flexibility index (Phi) is 3.89. The molecule has 3 aromatic heterocycles. The quantitative estimate of drug-likeness (QED) is 0.751. The number of hydrogen-bond donors (Lipinski definition) is 1. The van der Waals surface area contributed by atoms with Crippen molar-refractivity contribution in [2.75, 3.05) is 5.32 Å². The maximum Gasteiger partial charge on any atom is 0.257 e. The van der Waals surface area contributed by atoms with Crippen LogP contribution in [0.5, 0.6) is 0 Å². The summed E-state index contributed by atoms with van der Waals surface area (Å²) in [5.41, 5.74) is 2.12. The molecule has 0 aliphatic rings. The zero-order valence-corrected chi connectivity index (χ0v) is 12.2. The van der Waals surface area contributed by atoms with Crippen molar-refractivity contribution in [2.24, 2.45) is 0 Å². The van der Waals surface area contributed by atoms with E-state index in [2.05, 4.69) is 20.3 Å². The monoisotopic (exact) mass is 316 g/mol. The Bertz CT molecular complexity index is 775. The highest BCUT2D eigenvalue weighted by Gasteiger charge is 2.10. The van der Waals surface area contributed by atoms with E-state index >= 15 is 0 Å². The predicted octanol–water partition coefficient (Wildman–Crippen LogP) is 3.51. The Morgan fingerprint density at radius 3 is 2.95 bits per heavy atom. The summed E-state index contributed by atoms with van der Waals surface area (Å²) >= 11 is 7.12. The molecule has 104 valence electrons. The number of rotatable bonds is 3. The van der Waals surface area contributed by atoms with Crippen LogP contribution in [0.15, 0.2) is 48.2 Å². The number of hydrogen-bond acceptors (Lipinski definition) is 5. The van der Waals surface area contributed by atoms with Gasteiger partial charge in [-0.1, -0.05) is 11.6 Å². The van der Waals surface area contributed by atoms with Crippen molar-refractivity contribution in [2.45, 2.75) is 0 Å². The first-order chi connectivity index (χ1) is 10.2. The van der Waals surface area contributed by atoms with Gasteiger partial charge in [0.25, 0.3) is 5.91 Å². The molecule has 21 heavy (non-hydrogen) atoms. The van der Waals surface area contributed by atoms with E-state index < -0.39 is 0 Å². The molecule has 0 spiro atoms. The smallest absolute Gasteiger partial charge is 0.257 e. The number of aromatic nitrogens is 3. The molecule has 0 saturated carbocycles. The second kappa shape index (κ2) is 5.99. The third kappa shape index (κ3) is 3.24. The van der Waals surface area contributed by atoms with Gasteiger partial charge in [0.1, 0.15) is 5.15 Å². The zero-order valence-electron chi connectivity index (χ0n) is 10.7. The molecule has 0 atom stereocenters. The van der Waals surface area contributed by atoms with Crippen LogP contribution < -0.4 is 5.32 Å². The zero-order chi connectivity index (χ0) is 14.7. The fourth-order valence-electron chi connectivity index (χ4n) is 1.69. The highest BCUT2D eigenvalue weighted by Crippen LogP contribution is 2.24. The molecular weight excluding hydrogens is 308 g/mol. The molecule has 7 heteroatoms. The minimum Gasteiger partial charge on any atom is -0.298 e. The van der Waals surface area contributed by atoms with Crippen LogP contribution in [0.4, 0.5) is 5.13 Å². The second-order valence-electron chi connectivity index (χ2n) is 4.10. The Balaban J connectivity index is 1.77. The standard InChI is InChI=1S/C14H9ClN4OS/c15-12-6-9(3-5-17-12)13(20)19-14-18-11(8-21-14)10-2-1-4-16-7-10/h1-8H,(H,18,19,20). The molecular formula is C14H9ClN4OS. The van der Waals surface area contributed by atoms with Crippen molar-refractivity contribution < 1.29 is 4.79 Å². The molecule has 1 N–H and O–H groups in total. The third-order valence-corrected chi connectivity index (χ3v) is 3.64. The topological polar surface area (TPSA) is 67.8 Å². The van der Waals surface area contributed by atoms with Crippen LogP contribution in [0, 0.1) is 0 Å². The first-order valence-electron chi connectivity index (χ1n) is 6.01. The molecule has 0 aliphatic heterocycles. The first-order valence-corrected chi connectivity index (χ1v) is 7.27. The van der Waals surface area contributed by atoms with Crippen molar-refractivity contribution in [3.05, 3.63) is 59.0 Å². The molecule has 3 aromatic rings. The van der Waals surface area contributed by atoms with Gasteiger partial charge in [0, 0.05) is 35.1 Å². The van der Waals surface area contributed by atoms with E-state index in [1.54, 1.807) is 18.5 Å². The van der Waals surface area contributed by atoms with Crippen molar-refractivity contribution in [1.82, 2.24) is 15.0 Å². The van der Waals surface area contributed by atoms with E-state index in [0.29, 0.717) is 10.7 Å². The van der Waals surface area contributed by atoms with Gasteiger partial charge in [-0.2, -0.15) is 0 Å². The lowest BCUT2D eigenvalue weighted by Gasteiger charge is -2.01. The summed E-state index contributed by atoms with van der Waals surface area (Å²) in [7, 11) is 0. The normalized spacial score (nSPS) is 10.3. The third-order valence-electron chi connectivity index (χ3n) is 2.67. The highest BCUT2D eigenvalue weighted by atomic mass is 35.5. The van der Waals surface area contributed by atoms with Crippen molar-refractivity contribution in [3.8, 4) is 11.3 Å². The maximum absolute atomic E-state index is 12.1. The first kappa shape index (κ1) is 13.7. The van der Waals surface area contributed by atoms with E-state index in [1.165, 1.54) is 23.6 Å². The van der Waals surface area contributed by atoms with Crippen LogP contribution in [0.3, 0.4) is 0 Å². The fraction of sp³-hybridized carbons (Fsp3) is 0. The number of nitrogens with zero attached hydrogens (tertiary/aromatic N) is 3. The maximum atomic E-state index is 12.1. The van der Waals surface area contributed by atoms with Gasteiger partial charge >= 0.3 is 0 Å². The van der Waals surface area contributed by atoms with Crippen molar-refractivity contribution in [1.29, 1.82) is 0 Å². The molecule has 5 nitrogen and oxygen atoms in total. The van der Waals surface area contributed by atoms with Gasteiger partial charge in [0.2, 0.25) is 0 Å². The average molecular weight is 317 g/mol. The number of carbonyl (C=O) groups excluding carboxylic acids is 1. The number of amides is 1. The summed E-state index contributed by atoms with van der Waals surface area (Å²) in [4.78, 5) is 24.3. The van der Waals surface area contributed by atoms with E-state index in [0.717, 1.165) is 11.3 Å². The lowest BCUT2D eigenvalue weighted by Crippen LogP contribution is -2.11. The van der Waals surface area contributed by atoms with E-state index in [1.807, 2.05) is 17.5 Å². The van der Waals surface area contributed by atoms with Gasteiger partial charge in [0.05, 0.1) is 5.69 Å². The summed E-state index contributed by atoms with van der Waals surface area (Å²) in [5.74, 6) is -0.272. The summed E-state index contributed by atoms with van der Waals surface area (Å²) in [6.45, 7) is 0. The van der Waals surface area contributed by atoms with Crippen molar-refractivity contribution in [3.63, 3.8) is 0 Å². The number of anilines is 1. The summed E-state index contributed by atoms with van der Waals surface area (Å²) < 4.78 is 0. The van der Waals surface area contributed by atoms with Crippen molar-refractivity contribution >= 4 is 34.0 Å². The minimum absolute atomic E-state index is 0.272. The Morgan fingerprint density at radius 2 is 2.19 bits per heavy atom. The predicted molar refractivity (Wildman–Crippen MR) is 82.5 cm³/mol. The number of halogens is 1. The van der Waals surface area contributed by atoms with Gasteiger partial charge in [-0.25, -0.2) is 9.97 Å². The lowest BCUT2D eigenvalue weighted by atomic mass is 10.2. The minimum atomic E-state index is -0.272. The number of nitrogens with one attached hydrogen (secondary N) is 1. The molecule has 0 aliphatic carbocycles. The molecule has 3 heterocycles. The largest absolute Gasteiger partial charge is 0.298 e. The van der Waals surface area contributed by atoms with Gasteiger partial charge in [-0.05, 0) is 24.3 Å². The van der Waals surface area contributed by atoms with Gasteiger partial charge < -0.3 is 0 Å². The Labute approximate surface area is 129 Å². The Hall–Kier alpha value is -2.31. The van der Waals surface area contributed by atoms with Crippen LogP contribution in [0.1, 0.15) is 10.4 Å². The molecule has 0 fully saturated rings. The van der Waals surface area contributed by atoms with Gasteiger partial charge in [0.15, 0.2) is 5.13 Å². The number of thiazole rings is 1. The van der Waals surface area contributed by atoms with E-state index in [4.69, 9.17) is 11.6 Å². The van der Waals surface area contributed by atoms with Crippen LogP contribution in [-0.4, -0.2) is 20.9 Å². The van der Waals surface area contributed by atoms with Crippen LogP contribution in [-0.2, 0) is 0 Å². The summed E-state index contributed by atoms with van der Waals surface area (Å²) in [6, 6.07) is 6.85. The molecule has 0 unspecified atom stereocenters. The molecule has 0 aromatic carbocycles. The van der Waals surface area contributed by atoms with Gasteiger partial charge in [-0.3, -0.25) is 15.1 Å². The summed E-state index contributed by atoms with van der Waals surface area (Å²) in [6.07, 6.45) is 4.91. The highest BCUT2D eigenvalue weighted by molar-refractivity contribution is 7.14. The summed E-state index contributed by atoms with van der Waals surface area (Å²) in [5, 5.41) is 5.40. The Morgan fingerprint density at radius 1 is 1.29 bits per heavy atom. The average Bonchev–Trinajstić information content (AvgIpc) is 2.97.